The molecular weight excluding hydrogens is 488 g/mol. The number of aromatic hydroxyl groups is 1. The van der Waals surface area contributed by atoms with Crippen LogP contribution in [0.1, 0.15) is 32.1 Å². The van der Waals surface area contributed by atoms with Gasteiger partial charge in [0.1, 0.15) is 17.6 Å². The van der Waals surface area contributed by atoms with Crippen LogP contribution in [0.3, 0.4) is 0 Å². The summed E-state index contributed by atoms with van der Waals surface area (Å²) in [6.45, 7) is 4.65. The lowest BCUT2D eigenvalue weighted by Crippen LogP contribution is -2.66. The summed E-state index contributed by atoms with van der Waals surface area (Å²) in [5.41, 5.74) is 9.80. The smallest absolute Gasteiger partial charge is 0.169 e. The van der Waals surface area contributed by atoms with E-state index >= 15 is 0 Å². The Morgan fingerprint density at radius 2 is 1.81 bits per heavy atom. The molecule has 2 saturated heterocycles. The lowest BCUT2D eigenvalue weighted by Gasteiger charge is -2.57. The maximum absolute atomic E-state index is 10.3. The van der Waals surface area contributed by atoms with E-state index < -0.39 is 0 Å². The van der Waals surface area contributed by atoms with Crippen molar-refractivity contribution >= 4 is 29.6 Å². The number of phenols is 1. The molecule has 2 aromatic carbocycles. The average molecular weight is 523 g/mol. The van der Waals surface area contributed by atoms with E-state index in [1.807, 2.05) is 18.2 Å². The molecule has 6 rings (SSSR count). The number of hydrogen-bond donors (Lipinski definition) is 3. The zero-order valence-electron chi connectivity index (χ0n) is 21.0. The van der Waals surface area contributed by atoms with E-state index in [0.717, 1.165) is 69.8 Å². The molecule has 9 heteroatoms. The minimum Gasteiger partial charge on any atom is -0.507 e. The number of phenolic OH excluding ortho intramolecular Hbond substituents is 1. The number of nitrogens with zero attached hydrogens (tertiary/aromatic N) is 4. The summed E-state index contributed by atoms with van der Waals surface area (Å²) in [5.74, 6) is 1.58. The number of ether oxygens (including phenoxy) is 1. The van der Waals surface area contributed by atoms with Crippen LogP contribution in [-0.2, 0) is 0 Å². The second kappa shape index (κ2) is 10.6. The number of nitrogens with two attached hydrogens (primary N) is 1. The highest BCUT2D eigenvalue weighted by Gasteiger charge is 2.47. The Hall–Kier alpha value is -3.23. The van der Waals surface area contributed by atoms with Gasteiger partial charge < -0.3 is 30.7 Å². The molecule has 2 aliphatic heterocycles. The van der Waals surface area contributed by atoms with E-state index in [-0.39, 0.29) is 29.8 Å². The fourth-order valence-electron chi connectivity index (χ4n) is 5.90. The molecule has 1 spiro atoms. The van der Waals surface area contributed by atoms with Gasteiger partial charge in [0, 0.05) is 37.0 Å². The second-order valence-electron chi connectivity index (χ2n) is 10.2. The summed E-state index contributed by atoms with van der Waals surface area (Å²) in [4.78, 5) is 4.93. The minimum atomic E-state index is 0. The van der Waals surface area contributed by atoms with E-state index in [9.17, 15) is 5.11 Å². The molecule has 4 N–H and O–H groups in total. The molecule has 0 atom stereocenters. The van der Waals surface area contributed by atoms with Gasteiger partial charge in [0.15, 0.2) is 5.82 Å². The van der Waals surface area contributed by atoms with Gasteiger partial charge in [-0.15, -0.1) is 22.6 Å². The lowest BCUT2D eigenvalue weighted by atomic mass is 9.73. The summed E-state index contributed by atoms with van der Waals surface area (Å²) in [7, 11) is 0. The number of para-hydroxylation sites is 1. The molecule has 0 radical (unpaired) electrons. The summed E-state index contributed by atoms with van der Waals surface area (Å²) >= 11 is 0. The second-order valence-corrected chi connectivity index (χ2v) is 10.2. The number of piperazine rings is 1. The molecule has 3 aliphatic rings. The van der Waals surface area contributed by atoms with Crippen molar-refractivity contribution in [3.63, 3.8) is 0 Å². The SMILES string of the molecule is Cl.Nc1nnc(-c2ccccc2O)cc1N1CCN(c2cccc(OC3CCNCC3)c2)C2(CCC2)C1. The van der Waals surface area contributed by atoms with Crippen LogP contribution in [0.15, 0.2) is 54.6 Å². The van der Waals surface area contributed by atoms with Gasteiger partial charge >= 0.3 is 0 Å². The van der Waals surface area contributed by atoms with Crippen molar-refractivity contribution < 1.29 is 9.84 Å². The normalized spacial score (nSPS) is 19.2. The molecule has 1 saturated carbocycles. The molecule has 196 valence electrons. The first-order valence-corrected chi connectivity index (χ1v) is 13.0. The fraction of sp³-hybridized carbons (Fsp3) is 0.429. The maximum atomic E-state index is 10.3. The van der Waals surface area contributed by atoms with Crippen molar-refractivity contribution in [2.24, 2.45) is 0 Å². The van der Waals surface area contributed by atoms with Gasteiger partial charge in [0.25, 0.3) is 0 Å². The van der Waals surface area contributed by atoms with Crippen molar-refractivity contribution in [2.75, 3.05) is 48.3 Å². The van der Waals surface area contributed by atoms with Gasteiger partial charge in [-0.05, 0) is 75.5 Å². The van der Waals surface area contributed by atoms with Crippen molar-refractivity contribution in [2.45, 2.75) is 43.7 Å². The summed E-state index contributed by atoms with van der Waals surface area (Å²) in [6, 6.07) is 17.8. The number of nitrogens with one attached hydrogen (secondary N) is 1. The van der Waals surface area contributed by atoms with E-state index in [1.165, 1.54) is 12.1 Å². The first-order valence-electron chi connectivity index (χ1n) is 13.0. The maximum Gasteiger partial charge on any atom is 0.169 e. The quantitative estimate of drug-likeness (QED) is 0.457. The Balaban J connectivity index is 0.00000280. The van der Waals surface area contributed by atoms with Crippen molar-refractivity contribution in [1.82, 2.24) is 15.5 Å². The summed E-state index contributed by atoms with van der Waals surface area (Å²) < 4.78 is 6.35. The van der Waals surface area contributed by atoms with Gasteiger partial charge in [-0.3, -0.25) is 0 Å². The summed E-state index contributed by atoms with van der Waals surface area (Å²) in [6.07, 6.45) is 5.91. The molecule has 3 heterocycles. The van der Waals surface area contributed by atoms with Gasteiger partial charge in [-0.25, -0.2) is 0 Å². The predicted octanol–water partition coefficient (Wildman–Crippen LogP) is 4.23. The Kier molecular flexibility index (Phi) is 7.31. The fourth-order valence-corrected chi connectivity index (χ4v) is 5.90. The van der Waals surface area contributed by atoms with Crippen LogP contribution in [0.2, 0.25) is 0 Å². The number of benzene rings is 2. The first-order chi connectivity index (χ1) is 17.6. The third-order valence-electron chi connectivity index (χ3n) is 7.98. The van der Waals surface area contributed by atoms with Crippen molar-refractivity contribution in [3.8, 4) is 22.8 Å². The molecular formula is C28H35ClN6O2. The van der Waals surface area contributed by atoms with Crippen LogP contribution in [0.5, 0.6) is 11.5 Å². The van der Waals surface area contributed by atoms with Crippen LogP contribution in [0.4, 0.5) is 17.2 Å². The number of halogens is 1. The topological polar surface area (TPSA) is 99.8 Å². The Labute approximate surface area is 224 Å². The molecule has 0 unspecified atom stereocenters. The monoisotopic (exact) mass is 522 g/mol. The highest BCUT2D eigenvalue weighted by molar-refractivity contribution is 5.85. The van der Waals surface area contributed by atoms with Crippen LogP contribution in [0, 0.1) is 0 Å². The van der Waals surface area contributed by atoms with E-state index in [2.05, 4.69) is 49.6 Å². The molecule has 0 bridgehead atoms. The zero-order valence-corrected chi connectivity index (χ0v) is 21.8. The highest BCUT2D eigenvalue weighted by Crippen LogP contribution is 2.45. The summed E-state index contributed by atoms with van der Waals surface area (Å²) in [5, 5.41) is 22.2. The van der Waals surface area contributed by atoms with E-state index in [4.69, 9.17) is 10.5 Å². The van der Waals surface area contributed by atoms with Gasteiger partial charge in [0.2, 0.25) is 0 Å². The van der Waals surface area contributed by atoms with Crippen LogP contribution in [-0.4, -0.2) is 59.7 Å². The lowest BCUT2D eigenvalue weighted by molar-refractivity contribution is 0.162. The highest BCUT2D eigenvalue weighted by atomic mass is 35.5. The minimum absolute atomic E-state index is 0. The van der Waals surface area contributed by atoms with Crippen LogP contribution < -0.4 is 25.6 Å². The van der Waals surface area contributed by atoms with E-state index in [0.29, 0.717) is 17.1 Å². The molecule has 1 aliphatic carbocycles. The third kappa shape index (κ3) is 5.00. The van der Waals surface area contributed by atoms with Gasteiger partial charge in [-0.2, -0.15) is 0 Å². The number of rotatable bonds is 5. The number of hydrogen-bond acceptors (Lipinski definition) is 8. The molecule has 37 heavy (non-hydrogen) atoms. The predicted molar refractivity (Wildman–Crippen MR) is 150 cm³/mol. The standard InChI is InChI=1S/C28H34N6O2.ClH/c29-27-25(18-24(31-32-27)23-7-1-2-8-26(23)35)33-15-16-34(28(19-33)11-4-12-28)20-5-3-6-22(17-20)36-21-9-13-30-14-10-21;/h1-3,5-8,17-18,21,30,35H,4,9-16,19H2,(H2,29,32);1H. The Bertz CT molecular complexity index is 1230. The van der Waals surface area contributed by atoms with Crippen LogP contribution >= 0.6 is 12.4 Å². The molecule has 8 nitrogen and oxygen atoms in total. The molecule has 1 aromatic heterocycles. The van der Waals surface area contributed by atoms with Crippen LogP contribution in [0.25, 0.3) is 11.3 Å². The van der Waals surface area contributed by atoms with Crippen molar-refractivity contribution in [3.05, 3.63) is 54.6 Å². The first kappa shape index (κ1) is 25.4. The largest absolute Gasteiger partial charge is 0.507 e. The number of anilines is 3. The van der Waals surface area contributed by atoms with Gasteiger partial charge in [0.05, 0.1) is 16.9 Å². The van der Waals surface area contributed by atoms with Crippen molar-refractivity contribution in [1.29, 1.82) is 0 Å². The third-order valence-corrected chi connectivity index (χ3v) is 7.98. The number of piperidine rings is 1. The zero-order chi connectivity index (χ0) is 24.5. The molecule has 3 aromatic rings. The number of nitrogen functional groups attached to an aromatic ring is 1. The average Bonchev–Trinajstić information content (AvgIpc) is 2.89. The van der Waals surface area contributed by atoms with E-state index in [1.54, 1.807) is 12.1 Å². The molecule has 3 fully saturated rings. The Morgan fingerprint density at radius 3 is 2.57 bits per heavy atom. The number of aromatic nitrogens is 2. The van der Waals surface area contributed by atoms with Gasteiger partial charge in [-0.1, -0.05) is 18.2 Å². The molecule has 0 amide bonds. The Morgan fingerprint density at radius 1 is 1.00 bits per heavy atom.